The quantitative estimate of drug-likeness (QED) is 0.835. The summed E-state index contributed by atoms with van der Waals surface area (Å²) in [6.07, 6.45) is 1.97. The maximum absolute atomic E-state index is 12.2. The number of nitrogens with one attached hydrogen (secondary N) is 1. The van der Waals surface area contributed by atoms with Crippen molar-refractivity contribution in [2.24, 2.45) is 0 Å². The van der Waals surface area contributed by atoms with Crippen LogP contribution in [0.2, 0.25) is 0 Å². The lowest BCUT2D eigenvalue weighted by molar-refractivity contribution is 0.211. The first kappa shape index (κ1) is 16.5. The summed E-state index contributed by atoms with van der Waals surface area (Å²) >= 11 is 0. The molecule has 1 aromatic carbocycles. The van der Waals surface area contributed by atoms with Crippen LogP contribution < -0.4 is 5.32 Å². The third kappa shape index (κ3) is 4.87. The van der Waals surface area contributed by atoms with Gasteiger partial charge >= 0.3 is 6.03 Å². The first-order valence-electron chi connectivity index (χ1n) is 7.55. The van der Waals surface area contributed by atoms with Crippen molar-refractivity contribution in [3.8, 4) is 0 Å². The van der Waals surface area contributed by atoms with E-state index in [2.05, 4.69) is 52.1 Å². The van der Waals surface area contributed by atoms with Crippen LogP contribution in [-0.4, -0.2) is 24.0 Å². The summed E-state index contributed by atoms with van der Waals surface area (Å²) in [5, 5.41) is 2.98. The fourth-order valence-corrected chi connectivity index (χ4v) is 2.11. The highest BCUT2D eigenvalue weighted by atomic mass is 16.2. The Kier molecular flexibility index (Phi) is 6.05. The molecule has 112 valence electrons. The Balaban J connectivity index is 2.70. The van der Waals surface area contributed by atoms with E-state index in [0.29, 0.717) is 0 Å². The molecule has 0 heterocycles. The normalized spacial score (nSPS) is 11.2. The lowest BCUT2D eigenvalue weighted by atomic mass is 9.87. The Morgan fingerprint density at radius 3 is 1.95 bits per heavy atom. The Morgan fingerprint density at radius 1 is 1.05 bits per heavy atom. The van der Waals surface area contributed by atoms with Crippen molar-refractivity contribution in [2.45, 2.75) is 52.9 Å². The molecule has 0 aliphatic rings. The van der Waals surface area contributed by atoms with Crippen LogP contribution in [0.5, 0.6) is 0 Å². The van der Waals surface area contributed by atoms with E-state index in [9.17, 15) is 4.79 Å². The zero-order valence-electron chi connectivity index (χ0n) is 13.5. The zero-order chi connectivity index (χ0) is 15.2. The largest absolute Gasteiger partial charge is 0.325 e. The van der Waals surface area contributed by atoms with Gasteiger partial charge in [0.1, 0.15) is 0 Å². The average molecular weight is 276 g/mol. The van der Waals surface area contributed by atoms with Crippen molar-refractivity contribution in [3.05, 3.63) is 29.8 Å². The van der Waals surface area contributed by atoms with Crippen LogP contribution in [0.25, 0.3) is 0 Å². The van der Waals surface area contributed by atoms with Gasteiger partial charge in [0.2, 0.25) is 0 Å². The van der Waals surface area contributed by atoms with E-state index in [0.717, 1.165) is 31.6 Å². The Hall–Kier alpha value is -1.51. The topological polar surface area (TPSA) is 32.3 Å². The Morgan fingerprint density at radius 2 is 1.55 bits per heavy atom. The molecule has 0 fully saturated rings. The fraction of sp³-hybridized carbons (Fsp3) is 0.588. The van der Waals surface area contributed by atoms with E-state index in [1.807, 2.05) is 17.0 Å². The highest BCUT2D eigenvalue weighted by Gasteiger charge is 2.14. The monoisotopic (exact) mass is 276 g/mol. The summed E-state index contributed by atoms with van der Waals surface area (Å²) in [4.78, 5) is 14.1. The first-order valence-corrected chi connectivity index (χ1v) is 7.55. The number of amides is 2. The van der Waals surface area contributed by atoms with Crippen LogP contribution in [-0.2, 0) is 5.41 Å². The molecule has 1 N–H and O–H groups in total. The van der Waals surface area contributed by atoms with Crippen LogP contribution >= 0.6 is 0 Å². The van der Waals surface area contributed by atoms with Gasteiger partial charge in [-0.25, -0.2) is 4.79 Å². The SMILES string of the molecule is CCCN(CCC)C(=O)Nc1ccc(C(C)(C)C)cc1. The van der Waals surface area contributed by atoms with Crippen molar-refractivity contribution in [3.63, 3.8) is 0 Å². The number of hydrogen-bond donors (Lipinski definition) is 1. The van der Waals surface area contributed by atoms with E-state index in [-0.39, 0.29) is 11.4 Å². The maximum Gasteiger partial charge on any atom is 0.321 e. The number of carbonyl (C=O) groups excluding carboxylic acids is 1. The fourth-order valence-electron chi connectivity index (χ4n) is 2.11. The van der Waals surface area contributed by atoms with Gasteiger partial charge in [-0.1, -0.05) is 46.8 Å². The standard InChI is InChI=1S/C17H28N2O/c1-6-12-19(13-7-2)16(20)18-15-10-8-14(9-11-15)17(3,4)5/h8-11H,6-7,12-13H2,1-5H3,(H,18,20). The second-order valence-corrected chi connectivity index (χ2v) is 6.24. The molecule has 20 heavy (non-hydrogen) atoms. The number of carbonyl (C=O) groups is 1. The third-order valence-corrected chi connectivity index (χ3v) is 3.28. The molecule has 0 atom stereocenters. The smallest absolute Gasteiger partial charge is 0.321 e. The molecule has 0 unspecified atom stereocenters. The number of urea groups is 1. The van der Waals surface area contributed by atoms with E-state index < -0.39 is 0 Å². The number of benzene rings is 1. The van der Waals surface area contributed by atoms with E-state index in [4.69, 9.17) is 0 Å². The minimum Gasteiger partial charge on any atom is -0.325 e. The lowest BCUT2D eigenvalue weighted by Crippen LogP contribution is -2.36. The van der Waals surface area contributed by atoms with Crippen molar-refractivity contribution < 1.29 is 4.79 Å². The van der Waals surface area contributed by atoms with Crippen LogP contribution in [0.1, 0.15) is 53.0 Å². The van der Waals surface area contributed by atoms with Crippen molar-refractivity contribution in [2.75, 3.05) is 18.4 Å². The first-order chi connectivity index (χ1) is 9.38. The van der Waals surface area contributed by atoms with Crippen LogP contribution in [0.3, 0.4) is 0 Å². The summed E-state index contributed by atoms with van der Waals surface area (Å²) < 4.78 is 0. The molecule has 3 nitrogen and oxygen atoms in total. The number of rotatable bonds is 5. The molecule has 0 radical (unpaired) electrons. The number of nitrogens with zero attached hydrogens (tertiary/aromatic N) is 1. The molecule has 0 saturated heterocycles. The number of hydrogen-bond acceptors (Lipinski definition) is 1. The summed E-state index contributed by atoms with van der Waals surface area (Å²) in [7, 11) is 0. The van der Waals surface area contributed by atoms with Gasteiger partial charge in [0.15, 0.2) is 0 Å². The predicted octanol–water partition coefficient (Wildman–Crippen LogP) is 4.64. The van der Waals surface area contributed by atoms with Gasteiger partial charge < -0.3 is 10.2 Å². The predicted molar refractivity (Wildman–Crippen MR) is 86.3 cm³/mol. The van der Waals surface area contributed by atoms with E-state index in [1.54, 1.807) is 0 Å². The molecule has 3 heteroatoms. The number of anilines is 1. The molecular formula is C17H28N2O. The second kappa shape index (κ2) is 7.32. The third-order valence-electron chi connectivity index (χ3n) is 3.28. The van der Waals surface area contributed by atoms with Gasteiger partial charge in [-0.2, -0.15) is 0 Å². The van der Waals surface area contributed by atoms with Crippen LogP contribution in [0.15, 0.2) is 24.3 Å². The molecule has 2 amide bonds. The highest BCUT2D eigenvalue weighted by Crippen LogP contribution is 2.23. The molecular weight excluding hydrogens is 248 g/mol. The minimum atomic E-state index is -0.00258. The van der Waals surface area contributed by atoms with Crippen LogP contribution in [0, 0.1) is 0 Å². The summed E-state index contributed by atoms with van der Waals surface area (Å²) in [6.45, 7) is 12.3. The minimum absolute atomic E-state index is 0.00258. The highest BCUT2D eigenvalue weighted by molar-refractivity contribution is 5.89. The maximum atomic E-state index is 12.2. The molecule has 0 aromatic heterocycles. The van der Waals surface area contributed by atoms with Gasteiger partial charge in [0.25, 0.3) is 0 Å². The van der Waals surface area contributed by atoms with Gasteiger partial charge in [-0.05, 0) is 36.0 Å². The van der Waals surface area contributed by atoms with E-state index >= 15 is 0 Å². The van der Waals surface area contributed by atoms with Crippen molar-refractivity contribution >= 4 is 11.7 Å². The van der Waals surface area contributed by atoms with Gasteiger partial charge in [0.05, 0.1) is 0 Å². The van der Waals surface area contributed by atoms with E-state index in [1.165, 1.54) is 5.56 Å². The molecule has 0 aliphatic heterocycles. The lowest BCUT2D eigenvalue weighted by Gasteiger charge is -2.23. The molecule has 0 aliphatic carbocycles. The Bertz CT molecular complexity index is 412. The van der Waals surface area contributed by atoms with Gasteiger partial charge in [-0.3, -0.25) is 0 Å². The molecule has 0 bridgehead atoms. The molecule has 1 rings (SSSR count). The van der Waals surface area contributed by atoms with Crippen LogP contribution in [0.4, 0.5) is 10.5 Å². The summed E-state index contributed by atoms with van der Waals surface area (Å²) in [6, 6.07) is 8.12. The van der Waals surface area contributed by atoms with Gasteiger partial charge in [-0.15, -0.1) is 0 Å². The van der Waals surface area contributed by atoms with Crippen molar-refractivity contribution in [1.29, 1.82) is 0 Å². The summed E-state index contributed by atoms with van der Waals surface area (Å²) in [5.41, 5.74) is 2.27. The summed E-state index contributed by atoms with van der Waals surface area (Å²) in [5.74, 6) is 0. The molecule has 0 saturated carbocycles. The Labute approximate surface area is 123 Å². The molecule has 0 spiro atoms. The van der Waals surface area contributed by atoms with Gasteiger partial charge in [0, 0.05) is 18.8 Å². The average Bonchev–Trinajstić information content (AvgIpc) is 2.38. The van der Waals surface area contributed by atoms with Crippen molar-refractivity contribution in [1.82, 2.24) is 4.90 Å². The zero-order valence-corrected chi connectivity index (χ0v) is 13.5. The second-order valence-electron chi connectivity index (χ2n) is 6.24. The molecule has 1 aromatic rings.